The number of ether oxygens (including phenoxy) is 3. The van der Waals surface area contributed by atoms with Crippen LogP contribution >= 0.6 is 11.6 Å². The molecular weight excluding hydrogens is 472 g/mol. The lowest BCUT2D eigenvalue weighted by atomic mass is 10.0. The van der Waals surface area contributed by atoms with Crippen LogP contribution in [0.15, 0.2) is 22.7 Å². The van der Waals surface area contributed by atoms with Crippen LogP contribution in [-0.2, 0) is 15.9 Å². The van der Waals surface area contributed by atoms with Crippen molar-refractivity contribution in [3.8, 4) is 28.4 Å². The van der Waals surface area contributed by atoms with Crippen molar-refractivity contribution in [3.63, 3.8) is 0 Å². The Kier molecular flexibility index (Phi) is 8.35. The molecule has 1 saturated heterocycles. The van der Waals surface area contributed by atoms with Crippen molar-refractivity contribution in [3.05, 3.63) is 45.9 Å². The van der Waals surface area contributed by atoms with E-state index in [1.54, 1.807) is 25.2 Å². The first kappa shape index (κ1) is 25.5. The van der Waals surface area contributed by atoms with Crippen molar-refractivity contribution in [2.24, 2.45) is 0 Å². The van der Waals surface area contributed by atoms with Gasteiger partial charge in [0.25, 0.3) is 0 Å². The van der Waals surface area contributed by atoms with Crippen molar-refractivity contribution in [1.29, 1.82) is 0 Å². The Morgan fingerprint density at radius 2 is 2.06 bits per heavy atom. The molecule has 2 atom stereocenters. The lowest BCUT2D eigenvalue weighted by Crippen LogP contribution is -2.31. The zero-order valence-electron chi connectivity index (χ0n) is 20.4. The lowest BCUT2D eigenvalue weighted by molar-refractivity contribution is -0.0875. The molecule has 1 fully saturated rings. The minimum absolute atomic E-state index is 0.0958. The third-order valence-electron chi connectivity index (χ3n) is 5.88. The van der Waals surface area contributed by atoms with Crippen LogP contribution in [0.4, 0.5) is 0 Å². The van der Waals surface area contributed by atoms with E-state index in [2.05, 4.69) is 10.5 Å². The molecule has 0 saturated carbocycles. The maximum Gasteiger partial charge on any atom is 0.161 e. The van der Waals surface area contributed by atoms with Gasteiger partial charge in [0.05, 0.1) is 53.6 Å². The number of aromatic nitrogens is 3. The van der Waals surface area contributed by atoms with Crippen LogP contribution in [0.1, 0.15) is 22.7 Å². The molecule has 0 amide bonds. The SMILES string of the molecule is CNCC(O)COc1ccc(Cl)c(-c2nc(CC3COCCO3)c(C)c(-c3c(C)noc3C)n2)c1. The molecule has 0 bridgehead atoms. The van der Waals surface area contributed by atoms with Gasteiger partial charge in [0.15, 0.2) is 5.82 Å². The second kappa shape index (κ2) is 11.5. The molecule has 10 heteroatoms. The molecule has 0 aliphatic carbocycles. The molecule has 0 spiro atoms. The van der Waals surface area contributed by atoms with Gasteiger partial charge in [0, 0.05) is 18.5 Å². The number of nitrogens with one attached hydrogen (secondary N) is 1. The van der Waals surface area contributed by atoms with E-state index in [0.717, 1.165) is 28.2 Å². The summed E-state index contributed by atoms with van der Waals surface area (Å²) in [6.07, 6.45) is -0.159. The highest BCUT2D eigenvalue weighted by atomic mass is 35.5. The molecule has 3 heterocycles. The van der Waals surface area contributed by atoms with E-state index in [-0.39, 0.29) is 12.7 Å². The maximum atomic E-state index is 9.99. The van der Waals surface area contributed by atoms with E-state index in [4.69, 9.17) is 40.3 Å². The van der Waals surface area contributed by atoms with E-state index in [9.17, 15) is 5.11 Å². The highest BCUT2D eigenvalue weighted by Gasteiger charge is 2.24. The molecule has 1 aliphatic heterocycles. The average Bonchev–Trinajstić information content (AvgIpc) is 3.18. The van der Waals surface area contributed by atoms with E-state index in [1.165, 1.54) is 0 Å². The Labute approximate surface area is 209 Å². The summed E-state index contributed by atoms with van der Waals surface area (Å²) in [6.45, 7) is 7.99. The van der Waals surface area contributed by atoms with Gasteiger partial charge in [-0.1, -0.05) is 16.8 Å². The monoisotopic (exact) mass is 502 g/mol. The Morgan fingerprint density at radius 1 is 1.23 bits per heavy atom. The highest BCUT2D eigenvalue weighted by molar-refractivity contribution is 6.33. The van der Waals surface area contributed by atoms with Gasteiger partial charge in [-0.2, -0.15) is 0 Å². The first-order chi connectivity index (χ1) is 16.9. The summed E-state index contributed by atoms with van der Waals surface area (Å²) in [5, 5.41) is 17.5. The minimum atomic E-state index is -0.634. The summed E-state index contributed by atoms with van der Waals surface area (Å²) < 4.78 is 22.7. The number of likely N-dealkylation sites (N-methyl/N-ethyl adjacent to an activating group) is 1. The number of benzene rings is 1. The van der Waals surface area contributed by atoms with Gasteiger partial charge in [0.1, 0.15) is 24.2 Å². The minimum Gasteiger partial charge on any atom is -0.491 e. The molecule has 2 aromatic heterocycles. The van der Waals surface area contributed by atoms with Crippen molar-refractivity contribution >= 4 is 11.6 Å². The Hall–Kier alpha value is -2.56. The molecule has 2 unspecified atom stereocenters. The number of aliphatic hydroxyl groups is 1. The van der Waals surface area contributed by atoms with Crippen molar-refractivity contribution < 1.29 is 23.8 Å². The number of hydrogen-bond acceptors (Lipinski definition) is 9. The zero-order chi connectivity index (χ0) is 24.9. The first-order valence-corrected chi connectivity index (χ1v) is 12.0. The third kappa shape index (κ3) is 5.99. The van der Waals surface area contributed by atoms with Crippen LogP contribution in [0, 0.1) is 20.8 Å². The second-order valence-corrected chi connectivity index (χ2v) is 9.01. The molecule has 0 radical (unpaired) electrons. The number of aliphatic hydroxyl groups excluding tert-OH is 1. The molecule has 188 valence electrons. The van der Waals surface area contributed by atoms with Gasteiger partial charge >= 0.3 is 0 Å². The van der Waals surface area contributed by atoms with Crippen LogP contribution in [-0.4, -0.2) is 72.5 Å². The number of nitrogens with zero attached hydrogens (tertiary/aromatic N) is 3. The smallest absolute Gasteiger partial charge is 0.161 e. The normalized spacial score (nSPS) is 16.9. The molecule has 9 nitrogen and oxygen atoms in total. The van der Waals surface area contributed by atoms with E-state index in [0.29, 0.717) is 60.7 Å². The van der Waals surface area contributed by atoms with E-state index in [1.807, 2.05) is 20.8 Å². The molecular formula is C25H31ClN4O5. The Morgan fingerprint density at radius 3 is 2.74 bits per heavy atom. The van der Waals surface area contributed by atoms with Crippen LogP contribution < -0.4 is 10.1 Å². The molecule has 1 aliphatic rings. The Bertz CT molecular complexity index is 1140. The van der Waals surface area contributed by atoms with Crippen LogP contribution in [0.5, 0.6) is 5.75 Å². The van der Waals surface area contributed by atoms with Gasteiger partial charge < -0.3 is 29.2 Å². The van der Waals surface area contributed by atoms with Crippen LogP contribution in [0.3, 0.4) is 0 Å². The average molecular weight is 503 g/mol. The van der Waals surface area contributed by atoms with E-state index < -0.39 is 6.10 Å². The predicted octanol–water partition coefficient (Wildman–Crippen LogP) is 3.29. The van der Waals surface area contributed by atoms with Gasteiger partial charge in [-0.3, -0.25) is 0 Å². The lowest BCUT2D eigenvalue weighted by Gasteiger charge is -2.24. The zero-order valence-corrected chi connectivity index (χ0v) is 21.2. The van der Waals surface area contributed by atoms with Crippen LogP contribution in [0.25, 0.3) is 22.6 Å². The standard InChI is InChI=1S/C25H31ClN4O5/c1-14-22(10-19-13-32-7-8-33-19)28-25(29-24(14)23-15(2)30-35-16(23)3)20-9-18(5-6-21(20)26)34-12-17(31)11-27-4/h5-6,9,17,19,27,31H,7-8,10-13H2,1-4H3. The molecule has 1 aromatic carbocycles. The number of aryl methyl sites for hydroxylation is 2. The number of rotatable bonds is 9. The fourth-order valence-corrected chi connectivity index (χ4v) is 4.27. The molecule has 4 rings (SSSR count). The largest absolute Gasteiger partial charge is 0.491 e. The van der Waals surface area contributed by atoms with Crippen molar-refractivity contribution in [1.82, 2.24) is 20.4 Å². The van der Waals surface area contributed by atoms with Crippen LogP contribution in [0.2, 0.25) is 5.02 Å². The second-order valence-electron chi connectivity index (χ2n) is 8.60. The number of hydrogen-bond donors (Lipinski definition) is 2. The van der Waals surface area contributed by atoms with Crippen molar-refractivity contribution in [2.45, 2.75) is 39.4 Å². The highest BCUT2D eigenvalue weighted by Crippen LogP contribution is 2.35. The number of halogens is 1. The summed E-state index contributed by atoms with van der Waals surface area (Å²) in [6, 6.07) is 5.29. The Balaban J connectivity index is 1.76. The molecule has 2 N–H and O–H groups in total. The van der Waals surface area contributed by atoms with Gasteiger partial charge in [-0.05, 0) is 51.6 Å². The fraction of sp³-hybridized carbons (Fsp3) is 0.480. The third-order valence-corrected chi connectivity index (χ3v) is 6.21. The fourth-order valence-electron chi connectivity index (χ4n) is 4.07. The van der Waals surface area contributed by atoms with Gasteiger partial charge in [-0.25, -0.2) is 9.97 Å². The maximum absolute atomic E-state index is 9.99. The quantitative estimate of drug-likeness (QED) is 0.455. The topological polar surface area (TPSA) is 112 Å². The van der Waals surface area contributed by atoms with Crippen molar-refractivity contribution in [2.75, 3.05) is 40.0 Å². The summed E-state index contributed by atoms with van der Waals surface area (Å²) in [5.41, 5.74) is 4.72. The molecule has 3 aromatic rings. The summed E-state index contributed by atoms with van der Waals surface area (Å²) in [5.74, 6) is 1.71. The predicted molar refractivity (Wildman–Crippen MR) is 132 cm³/mol. The summed E-state index contributed by atoms with van der Waals surface area (Å²) >= 11 is 6.60. The van der Waals surface area contributed by atoms with Gasteiger partial charge in [0.2, 0.25) is 0 Å². The summed E-state index contributed by atoms with van der Waals surface area (Å²) in [4.78, 5) is 9.80. The summed E-state index contributed by atoms with van der Waals surface area (Å²) in [7, 11) is 1.77. The first-order valence-electron chi connectivity index (χ1n) is 11.6. The van der Waals surface area contributed by atoms with E-state index >= 15 is 0 Å². The molecule has 35 heavy (non-hydrogen) atoms. The van der Waals surface area contributed by atoms with Gasteiger partial charge in [-0.15, -0.1) is 0 Å².